The van der Waals surface area contributed by atoms with Crippen molar-refractivity contribution in [2.24, 2.45) is 10.8 Å². The van der Waals surface area contributed by atoms with E-state index in [1.807, 2.05) is 33.8 Å². The Morgan fingerprint density at radius 2 is 2.17 bits per heavy atom. The van der Waals surface area contributed by atoms with Crippen molar-refractivity contribution < 1.29 is 14.3 Å². The zero-order valence-corrected chi connectivity index (χ0v) is 15.1. The topological polar surface area (TPSA) is 52.6 Å². The maximum absolute atomic E-state index is 13.6. The number of nitrogens with zero attached hydrogens (tertiary/aromatic N) is 1. The average molecular weight is 336 g/mol. The van der Waals surface area contributed by atoms with Crippen LogP contribution >= 0.6 is 0 Å². The summed E-state index contributed by atoms with van der Waals surface area (Å²) in [4.78, 5) is 14.5. The van der Waals surface area contributed by atoms with E-state index in [4.69, 9.17) is 0 Å². The summed E-state index contributed by atoms with van der Waals surface area (Å²) in [6, 6.07) is 5.95. The first kappa shape index (κ1) is 18.7. The number of aliphatic hydroxyl groups is 1. The Balaban J connectivity index is 2.16. The minimum absolute atomic E-state index is 0.0728. The maximum Gasteiger partial charge on any atom is 0.317 e. The van der Waals surface area contributed by atoms with Crippen LogP contribution < -0.4 is 5.32 Å². The van der Waals surface area contributed by atoms with Crippen molar-refractivity contribution in [1.29, 1.82) is 0 Å². The predicted molar refractivity (Wildman–Crippen MR) is 93.1 cm³/mol. The van der Waals surface area contributed by atoms with Crippen LogP contribution in [0.1, 0.15) is 52.1 Å². The molecule has 24 heavy (non-hydrogen) atoms. The highest BCUT2D eigenvalue weighted by atomic mass is 19.1. The fraction of sp³-hybridized carbons (Fsp3) is 0.632. The van der Waals surface area contributed by atoms with Crippen molar-refractivity contribution in [3.8, 4) is 0 Å². The number of aliphatic hydroxyl groups excluding tert-OH is 1. The number of likely N-dealkylation sites (tertiary alicyclic amines) is 1. The third kappa shape index (κ3) is 4.47. The molecule has 0 radical (unpaired) electrons. The molecule has 2 rings (SSSR count). The molecule has 1 aliphatic heterocycles. The highest BCUT2D eigenvalue weighted by Gasteiger charge is 2.35. The molecule has 0 saturated carbocycles. The molecule has 0 bridgehead atoms. The smallest absolute Gasteiger partial charge is 0.317 e. The van der Waals surface area contributed by atoms with Crippen LogP contribution in [0.25, 0.3) is 0 Å². The standard InChI is InChI=1S/C19H29FN2O2/c1-18(2,3)16(14-7-5-8-15(20)11-14)21-17(24)22-10-6-9-19(4,12-22)13-23/h5,7-8,11,16,23H,6,9-10,12-13H2,1-4H3,(H,21,24). The number of amides is 2. The normalized spacial score (nSPS) is 23.0. The van der Waals surface area contributed by atoms with E-state index in [-0.39, 0.29) is 35.3 Å². The summed E-state index contributed by atoms with van der Waals surface area (Å²) in [7, 11) is 0. The Morgan fingerprint density at radius 1 is 1.46 bits per heavy atom. The number of benzene rings is 1. The van der Waals surface area contributed by atoms with E-state index in [1.165, 1.54) is 12.1 Å². The van der Waals surface area contributed by atoms with Gasteiger partial charge in [-0.15, -0.1) is 0 Å². The molecule has 2 unspecified atom stereocenters. The maximum atomic E-state index is 13.6. The van der Waals surface area contributed by atoms with Crippen molar-refractivity contribution in [1.82, 2.24) is 10.2 Å². The van der Waals surface area contributed by atoms with E-state index in [2.05, 4.69) is 5.32 Å². The van der Waals surface area contributed by atoms with E-state index in [0.717, 1.165) is 18.4 Å². The fourth-order valence-corrected chi connectivity index (χ4v) is 3.32. The zero-order chi connectivity index (χ0) is 18.0. The number of hydrogen-bond acceptors (Lipinski definition) is 2. The number of halogens is 1. The van der Waals surface area contributed by atoms with Gasteiger partial charge in [0.2, 0.25) is 0 Å². The van der Waals surface area contributed by atoms with Gasteiger partial charge in [-0.3, -0.25) is 0 Å². The van der Waals surface area contributed by atoms with Crippen molar-refractivity contribution in [3.05, 3.63) is 35.6 Å². The number of carbonyl (C=O) groups excluding carboxylic acids is 1. The lowest BCUT2D eigenvalue weighted by molar-refractivity contribution is 0.0593. The van der Waals surface area contributed by atoms with Gasteiger partial charge in [-0.1, -0.05) is 39.8 Å². The summed E-state index contributed by atoms with van der Waals surface area (Å²) in [6.45, 7) is 9.37. The van der Waals surface area contributed by atoms with Crippen LogP contribution in [0.15, 0.2) is 24.3 Å². The number of hydrogen-bond donors (Lipinski definition) is 2. The largest absolute Gasteiger partial charge is 0.396 e. The van der Waals surface area contributed by atoms with Crippen LogP contribution in [0, 0.1) is 16.6 Å². The number of rotatable bonds is 3. The van der Waals surface area contributed by atoms with Crippen LogP contribution in [-0.2, 0) is 0 Å². The molecule has 4 nitrogen and oxygen atoms in total. The molecule has 0 aromatic heterocycles. The predicted octanol–water partition coefficient (Wildman–Crippen LogP) is 3.72. The number of urea groups is 1. The summed E-state index contributed by atoms with van der Waals surface area (Å²) in [5.41, 5.74) is 0.267. The van der Waals surface area contributed by atoms with Crippen molar-refractivity contribution in [2.75, 3.05) is 19.7 Å². The summed E-state index contributed by atoms with van der Waals surface area (Å²) >= 11 is 0. The minimum Gasteiger partial charge on any atom is -0.396 e. The number of piperidine rings is 1. The minimum atomic E-state index is -0.304. The molecule has 1 saturated heterocycles. The Bertz CT molecular complexity index is 585. The van der Waals surface area contributed by atoms with Gasteiger partial charge < -0.3 is 15.3 Å². The molecular formula is C19H29FN2O2. The second-order valence-corrected chi connectivity index (χ2v) is 8.30. The molecule has 2 atom stereocenters. The third-order valence-electron chi connectivity index (χ3n) is 4.77. The summed E-state index contributed by atoms with van der Waals surface area (Å²) in [5, 5.41) is 12.6. The van der Waals surface area contributed by atoms with Gasteiger partial charge in [-0.25, -0.2) is 9.18 Å². The van der Waals surface area contributed by atoms with Gasteiger partial charge in [0.1, 0.15) is 5.82 Å². The summed E-state index contributed by atoms with van der Waals surface area (Å²) in [5.74, 6) is -0.304. The molecule has 1 heterocycles. The second-order valence-electron chi connectivity index (χ2n) is 8.30. The first-order valence-corrected chi connectivity index (χ1v) is 8.56. The van der Waals surface area contributed by atoms with Gasteiger partial charge in [0.05, 0.1) is 12.6 Å². The van der Waals surface area contributed by atoms with Crippen LogP contribution in [0.3, 0.4) is 0 Å². The molecule has 2 amide bonds. The van der Waals surface area contributed by atoms with Gasteiger partial charge in [-0.2, -0.15) is 0 Å². The van der Waals surface area contributed by atoms with Crippen molar-refractivity contribution >= 4 is 6.03 Å². The first-order valence-electron chi connectivity index (χ1n) is 8.56. The van der Waals surface area contributed by atoms with Crippen molar-refractivity contribution in [3.63, 3.8) is 0 Å². The lowest BCUT2D eigenvalue weighted by Gasteiger charge is -2.41. The van der Waals surface area contributed by atoms with Crippen LogP contribution in [0.2, 0.25) is 0 Å². The monoisotopic (exact) mass is 336 g/mol. The number of nitrogens with one attached hydrogen (secondary N) is 1. The van der Waals surface area contributed by atoms with Gasteiger partial charge in [-0.05, 0) is 36.0 Å². The Labute approximate surface area is 144 Å². The SMILES string of the molecule is CC1(CO)CCCN(C(=O)NC(c2cccc(F)c2)C(C)(C)C)C1. The molecule has 134 valence electrons. The molecule has 1 aromatic carbocycles. The molecule has 0 spiro atoms. The van der Waals surface area contributed by atoms with E-state index >= 15 is 0 Å². The zero-order valence-electron chi connectivity index (χ0n) is 15.1. The molecule has 1 aromatic rings. The Hall–Kier alpha value is -1.62. The van der Waals surface area contributed by atoms with E-state index in [9.17, 15) is 14.3 Å². The lowest BCUT2D eigenvalue weighted by Crippen LogP contribution is -2.51. The molecular weight excluding hydrogens is 307 g/mol. The Kier molecular flexibility index (Phi) is 5.53. The van der Waals surface area contributed by atoms with Crippen LogP contribution in [0.4, 0.5) is 9.18 Å². The average Bonchev–Trinajstić information content (AvgIpc) is 2.51. The van der Waals surface area contributed by atoms with E-state index in [0.29, 0.717) is 13.1 Å². The van der Waals surface area contributed by atoms with Crippen molar-refractivity contribution in [2.45, 2.75) is 46.6 Å². The highest BCUT2D eigenvalue weighted by molar-refractivity contribution is 5.75. The van der Waals surface area contributed by atoms with Crippen LogP contribution in [-0.4, -0.2) is 35.7 Å². The fourth-order valence-electron chi connectivity index (χ4n) is 3.32. The summed E-state index contributed by atoms with van der Waals surface area (Å²) < 4.78 is 13.6. The highest BCUT2D eigenvalue weighted by Crippen LogP contribution is 2.34. The first-order chi connectivity index (χ1) is 11.1. The molecule has 5 heteroatoms. The third-order valence-corrected chi connectivity index (χ3v) is 4.77. The Morgan fingerprint density at radius 3 is 2.75 bits per heavy atom. The van der Waals surface area contributed by atoms with Gasteiger partial charge in [0.15, 0.2) is 0 Å². The molecule has 1 fully saturated rings. The lowest BCUT2D eigenvalue weighted by atomic mass is 9.82. The molecule has 0 aliphatic carbocycles. The molecule has 1 aliphatic rings. The van der Waals surface area contributed by atoms with Gasteiger partial charge in [0, 0.05) is 18.5 Å². The van der Waals surface area contributed by atoms with E-state index in [1.54, 1.807) is 11.0 Å². The van der Waals surface area contributed by atoms with Crippen LogP contribution in [0.5, 0.6) is 0 Å². The van der Waals surface area contributed by atoms with Gasteiger partial charge in [0.25, 0.3) is 0 Å². The summed E-state index contributed by atoms with van der Waals surface area (Å²) in [6.07, 6.45) is 1.80. The quantitative estimate of drug-likeness (QED) is 0.884. The second kappa shape index (κ2) is 7.09. The van der Waals surface area contributed by atoms with E-state index < -0.39 is 0 Å². The van der Waals surface area contributed by atoms with Gasteiger partial charge >= 0.3 is 6.03 Å². The number of carbonyl (C=O) groups is 1. The molecule has 2 N–H and O–H groups in total.